The molecule has 1 atom stereocenters. The Kier molecular flexibility index (Phi) is 10.6. The van der Waals surface area contributed by atoms with Gasteiger partial charge in [-0.05, 0) is 74.7 Å². The van der Waals surface area contributed by atoms with E-state index in [0.29, 0.717) is 22.8 Å². The van der Waals surface area contributed by atoms with E-state index in [1.807, 2.05) is 38.1 Å². The monoisotopic (exact) mass is 633 g/mol. The van der Waals surface area contributed by atoms with Crippen LogP contribution in [0, 0.1) is 13.8 Å². The van der Waals surface area contributed by atoms with Crippen LogP contribution in [0.1, 0.15) is 37.0 Å². The Bertz CT molecular complexity index is 1410. The van der Waals surface area contributed by atoms with Crippen molar-refractivity contribution in [2.75, 3.05) is 17.4 Å². The van der Waals surface area contributed by atoms with Crippen LogP contribution in [0.2, 0.25) is 5.02 Å². The normalized spacial score (nSPS) is 12.1. The molecule has 0 fully saturated rings. The molecule has 0 aromatic heterocycles. The summed E-state index contributed by atoms with van der Waals surface area (Å²) in [6.07, 6.45) is 0.746. The fraction of sp³-hybridized carbons (Fsp3) is 0.310. The Morgan fingerprint density at radius 1 is 1.00 bits per heavy atom. The predicted molar refractivity (Wildman–Crippen MR) is 159 cm³/mol. The molecule has 208 valence electrons. The van der Waals surface area contributed by atoms with Gasteiger partial charge in [-0.1, -0.05) is 70.3 Å². The molecule has 7 nitrogen and oxygen atoms in total. The molecule has 3 rings (SSSR count). The average Bonchev–Trinajstić information content (AvgIpc) is 2.91. The number of carbonyl (C=O) groups is 2. The second-order valence-electron chi connectivity index (χ2n) is 9.37. The van der Waals surface area contributed by atoms with Gasteiger partial charge < -0.3 is 10.2 Å². The first-order chi connectivity index (χ1) is 18.4. The van der Waals surface area contributed by atoms with Crippen molar-refractivity contribution >= 4 is 55.1 Å². The lowest BCUT2D eigenvalue weighted by molar-refractivity contribution is -0.139. The molecular formula is C29H33BrClN3O4S. The van der Waals surface area contributed by atoms with Crippen LogP contribution in [0.3, 0.4) is 0 Å². The van der Waals surface area contributed by atoms with Crippen molar-refractivity contribution in [1.82, 2.24) is 10.2 Å². The lowest BCUT2D eigenvalue weighted by Crippen LogP contribution is -2.51. The van der Waals surface area contributed by atoms with Crippen molar-refractivity contribution in [2.24, 2.45) is 0 Å². The summed E-state index contributed by atoms with van der Waals surface area (Å²) >= 11 is 9.68. The van der Waals surface area contributed by atoms with Crippen LogP contribution in [0.25, 0.3) is 0 Å². The van der Waals surface area contributed by atoms with Gasteiger partial charge in [0, 0.05) is 22.6 Å². The quantitative estimate of drug-likeness (QED) is 0.286. The minimum Gasteiger partial charge on any atom is -0.354 e. The van der Waals surface area contributed by atoms with Gasteiger partial charge in [0.1, 0.15) is 12.6 Å². The molecule has 0 radical (unpaired) electrons. The first kappa shape index (κ1) is 30.7. The molecule has 3 aromatic rings. The molecule has 0 spiro atoms. The van der Waals surface area contributed by atoms with Gasteiger partial charge in [0.25, 0.3) is 10.0 Å². The number of nitrogens with zero attached hydrogens (tertiary/aromatic N) is 2. The summed E-state index contributed by atoms with van der Waals surface area (Å²) in [5.74, 6) is -0.832. The van der Waals surface area contributed by atoms with E-state index in [4.69, 9.17) is 11.6 Å². The van der Waals surface area contributed by atoms with Gasteiger partial charge in [0.2, 0.25) is 11.8 Å². The number of nitrogens with one attached hydrogen (secondary N) is 1. The van der Waals surface area contributed by atoms with Gasteiger partial charge in [-0.2, -0.15) is 0 Å². The van der Waals surface area contributed by atoms with Crippen LogP contribution in [-0.2, 0) is 26.2 Å². The van der Waals surface area contributed by atoms with Crippen molar-refractivity contribution < 1.29 is 18.0 Å². The van der Waals surface area contributed by atoms with Crippen molar-refractivity contribution in [3.05, 3.63) is 92.9 Å². The van der Waals surface area contributed by atoms with E-state index < -0.39 is 28.5 Å². The summed E-state index contributed by atoms with van der Waals surface area (Å²) in [7, 11) is -4.16. The second kappa shape index (κ2) is 13.5. The molecule has 0 saturated carbocycles. The zero-order valence-electron chi connectivity index (χ0n) is 22.4. The van der Waals surface area contributed by atoms with E-state index in [-0.39, 0.29) is 17.3 Å². The molecule has 0 saturated heterocycles. The fourth-order valence-electron chi connectivity index (χ4n) is 3.97. The smallest absolute Gasteiger partial charge is 0.264 e. The van der Waals surface area contributed by atoms with Crippen molar-refractivity contribution in [3.8, 4) is 0 Å². The summed E-state index contributed by atoms with van der Waals surface area (Å²) in [6.45, 7) is 7.29. The SMILES string of the molecule is CCCNC(=O)[C@@H](C)N(Cc1ccc(Br)cc1)C(=O)CN(c1cc(Cl)ccc1C)S(=O)(=O)c1ccc(C)cc1. The number of amides is 2. The van der Waals surface area contributed by atoms with Crippen LogP contribution >= 0.6 is 27.5 Å². The summed E-state index contributed by atoms with van der Waals surface area (Å²) in [5, 5.41) is 3.17. The number of aryl methyl sites for hydroxylation is 2. The Hall–Kier alpha value is -2.88. The highest BCUT2D eigenvalue weighted by molar-refractivity contribution is 9.10. The fourth-order valence-corrected chi connectivity index (χ4v) is 5.87. The van der Waals surface area contributed by atoms with E-state index in [0.717, 1.165) is 26.3 Å². The van der Waals surface area contributed by atoms with E-state index in [2.05, 4.69) is 21.2 Å². The van der Waals surface area contributed by atoms with Crippen molar-refractivity contribution in [2.45, 2.75) is 51.6 Å². The van der Waals surface area contributed by atoms with Gasteiger partial charge in [-0.3, -0.25) is 13.9 Å². The molecule has 0 aliphatic heterocycles. The topological polar surface area (TPSA) is 86.8 Å². The molecular weight excluding hydrogens is 602 g/mol. The van der Waals surface area contributed by atoms with Crippen LogP contribution in [0.4, 0.5) is 5.69 Å². The molecule has 0 aliphatic carbocycles. The standard InChI is InChI=1S/C29H33BrClN3O4S/c1-5-16-32-29(36)22(4)33(18-23-9-11-24(30)12-10-23)28(35)19-34(27-17-25(31)13-8-21(27)3)39(37,38)26-14-6-20(2)7-15-26/h6-15,17,22H,5,16,18-19H2,1-4H3,(H,32,36)/t22-/m1/s1. The van der Waals surface area contributed by atoms with E-state index in [1.165, 1.54) is 23.1 Å². The minimum atomic E-state index is -4.16. The maximum absolute atomic E-state index is 13.9. The highest BCUT2D eigenvalue weighted by Crippen LogP contribution is 2.30. The lowest BCUT2D eigenvalue weighted by Gasteiger charge is -2.32. The summed E-state index contributed by atoms with van der Waals surface area (Å²) in [4.78, 5) is 28.3. The zero-order valence-corrected chi connectivity index (χ0v) is 25.6. The van der Waals surface area contributed by atoms with Crippen molar-refractivity contribution in [1.29, 1.82) is 0 Å². The number of benzene rings is 3. The second-order valence-corrected chi connectivity index (χ2v) is 12.6. The first-order valence-electron chi connectivity index (χ1n) is 12.6. The highest BCUT2D eigenvalue weighted by atomic mass is 79.9. The number of hydrogen-bond acceptors (Lipinski definition) is 4. The van der Waals surface area contributed by atoms with Gasteiger partial charge >= 0.3 is 0 Å². The molecule has 0 bridgehead atoms. The molecule has 0 unspecified atom stereocenters. The molecule has 1 N–H and O–H groups in total. The van der Waals surface area contributed by atoms with E-state index in [9.17, 15) is 18.0 Å². The molecule has 2 amide bonds. The van der Waals surface area contributed by atoms with Crippen LogP contribution < -0.4 is 9.62 Å². The number of hydrogen-bond donors (Lipinski definition) is 1. The van der Waals surface area contributed by atoms with Crippen LogP contribution in [0.5, 0.6) is 0 Å². The Labute approximate surface area is 244 Å². The third-order valence-electron chi connectivity index (χ3n) is 6.31. The Morgan fingerprint density at radius 3 is 2.26 bits per heavy atom. The molecule has 39 heavy (non-hydrogen) atoms. The number of rotatable bonds is 11. The Morgan fingerprint density at radius 2 is 1.64 bits per heavy atom. The number of sulfonamides is 1. The van der Waals surface area contributed by atoms with Gasteiger partial charge in [0.05, 0.1) is 10.6 Å². The van der Waals surface area contributed by atoms with E-state index in [1.54, 1.807) is 38.1 Å². The maximum atomic E-state index is 13.9. The zero-order chi connectivity index (χ0) is 28.7. The van der Waals surface area contributed by atoms with Gasteiger partial charge in [0.15, 0.2) is 0 Å². The maximum Gasteiger partial charge on any atom is 0.264 e. The van der Waals surface area contributed by atoms with Crippen LogP contribution in [0.15, 0.2) is 76.1 Å². The van der Waals surface area contributed by atoms with E-state index >= 15 is 0 Å². The lowest BCUT2D eigenvalue weighted by atomic mass is 10.1. The number of halogens is 2. The minimum absolute atomic E-state index is 0.0495. The molecule has 0 heterocycles. The van der Waals surface area contributed by atoms with Gasteiger partial charge in [-0.25, -0.2) is 8.42 Å². The largest absolute Gasteiger partial charge is 0.354 e. The average molecular weight is 635 g/mol. The van der Waals surface area contributed by atoms with Crippen LogP contribution in [-0.4, -0.2) is 44.3 Å². The summed E-state index contributed by atoms with van der Waals surface area (Å²) in [5.41, 5.74) is 2.64. The summed E-state index contributed by atoms with van der Waals surface area (Å²) < 4.78 is 29.8. The first-order valence-corrected chi connectivity index (χ1v) is 15.2. The third-order valence-corrected chi connectivity index (χ3v) is 8.85. The van der Waals surface area contributed by atoms with Gasteiger partial charge in [-0.15, -0.1) is 0 Å². The highest BCUT2D eigenvalue weighted by Gasteiger charge is 2.33. The van der Waals surface area contributed by atoms with Crippen molar-refractivity contribution in [3.63, 3.8) is 0 Å². The molecule has 3 aromatic carbocycles. The predicted octanol–water partition coefficient (Wildman–Crippen LogP) is 5.86. The molecule has 10 heteroatoms. The summed E-state index contributed by atoms with van der Waals surface area (Å²) in [6, 6.07) is 17.9. The third kappa shape index (κ3) is 7.84. The number of anilines is 1. The number of carbonyl (C=O) groups excluding carboxylic acids is 2. The molecule has 0 aliphatic rings. The Balaban J connectivity index is 2.05.